The van der Waals surface area contributed by atoms with Crippen molar-refractivity contribution in [1.29, 1.82) is 0 Å². The monoisotopic (exact) mass is 300 g/mol. The van der Waals surface area contributed by atoms with Gasteiger partial charge in [0.05, 0.1) is 17.1 Å². The highest BCUT2D eigenvalue weighted by Gasteiger charge is 2.14. The van der Waals surface area contributed by atoms with Crippen LogP contribution < -0.4 is 5.32 Å². The summed E-state index contributed by atoms with van der Waals surface area (Å²) in [6, 6.07) is 2.16. The fourth-order valence-electron chi connectivity index (χ4n) is 1.46. The first-order valence-electron chi connectivity index (χ1n) is 5.14. The van der Waals surface area contributed by atoms with E-state index in [0.29, 0.717) is 0 Å². The minimum atomic E-state index is 0.150. The Morgan fingerprint density at radius 1 is 1.62 bits per heavy atom. The van der Waals surface area contributed by atoms with Crippen molar-refractivity contribution in [3.8, 4) is 10.6 Å². The molecule has 0 aliphatic carbocycles. The van der Waals surface area contributed by atoms with Crippen molar-refractivity contribution < 1.29 is 4.42 Å². The Balaban J connectivity index is 2.23. The van der Waals surface area contributed by atoms with E-state index in [1.807, 2.05) is 18.4 Å². The first-order chi connectivity index (χ1) is 7.72. The van der Waals surface area contributed by atoms with Crippen LogP contribution in [0.2, 0.25) is 0 Å². The molecule has 2 aromatic heterocycles. The fourth-order valence-corrected chi connectivity index (χ4v) is 2.97. The number of nitrogens with zero attached hydrogens (tertiary/aromatic N) is 1. The van der Waals surface area contributed by atoms with Crippen LogP contribution in [0.15, 0.2) is 26.5 Å². The fraction of sp³-hybridized carbons (Fsp3) is 0.364. The second-order valence-corrected chi connectivity index (χ2v) is 5.21. The van der Waals surface area contributed by atoms with Gasteiger partial charge < -0.3 is 9.73 Å². The molecule has 0 spiro atoms. The van der Waals surface area contributed by atoms with Crippen LogP contribution in [0.5, 0.6) is 0 Å². The first-order valence-corrected chi connectivity index (χ1v) is 6.82. The maximum atomic E-state index is 5.73. The molecule has 5 heteroatoms. The molecular weight excluding hydrogens is 288 g/mol. The van der Waals surface area contributed by atoms with Gasteiger partial charge in [0.15, 0.2) is 5.76 Å². The number of thiophene rings is 1. The van der Waals surface area contributed by atoms with E-state index in [1.54, 1.807) is 17.5 Å². The quantitative estimate of drug-likeness (QED) is 0.932. The lowest BCUT2D eigenvalue weighted by Crippen LogP contribution is -2.17. The van der Waals surface area contributed by atoms with Crippen LogP contribution in [0, 0.1) is 0 Å². The maximum absolute atomic E-state index is 5.73. The van der Waals surface area contributed by atoms with Gasteiger partial charge in [-0.05, 0) is 40.8 Å². The van der Waals surface area contributed by atoms with Gasteiger partial charge in [-0.2, -0.15) is 0 Å². The van der Waals surface area contributed by atoms with Crippen molar-refractivity contribution in [2.75, 3.05) is 6.54 Å². The van der Waals surface area contributed by atoms with E-state index in [2.05, 4.69) is 33.2 Å². The summed E-state index contributed by atoms with van der Waals surface area (Å²) in [6.45, 7) is 5.01. The first kappa shape index (κ1) is 11.8. The number of oxazole rings is 1. The number of hydrogen-bond acceptors (Lipinski definition) is 4. The lowest BCUT2D eigenvalue weighted by Gasteiger charge is -2.06. The number of nitrogens with one attached hydrogen (secondary N) is 1. The minimum absolute atomic E-state index is 0.150. The summed E-state index contributed by atoms with van der Waals surface area (Å²) >= 11 is 5.13. The Morgan fingerprint density at radius 3 is 3.06 bits per heavy atom. The lowest BCUT2D eigenvalue weighted by molar-refractivity contribution is 0.429. The van der Waals surface area contributed by atoms with Gasteiger partial charge >= 0.3 is 0 Å². The Bertz CT molecular complexity index is 466. The van der Waals surface area contributed by atoms with E-state index >= 15 is 0 Å². The average Bonchev–Trinajstić information content (AvgIpc) is 2.86. The molecule has 86 valence electrons. The van der Waals surface area contributed by atoms with Crippen molar-refractivity contribution in [3.05, 3.63) is 28.0 Å². The molecular formula is C11H13BrN2OS. The van der Waals surface area contributed by atoms with Crippen LogP contribution in [-0.4, -0.2) is 11.5 Å². The molecule has 0 radical (unpaired) electrons. The van der Waals surface area contributed by atoms with Gasteiger partial charge in [0.25, 0.3) is 0 Å². The van der Waals surface area contributed by atoms with Crippen LogP contribution in [0.25, 0.3) is 10.6 Å². The van der Waals surface area contributed by atoms with Crippen LogP contribution in [0.1, 0.15) is 25.8 Å². The maximum Gasteiger partial charge on any atom is 0.211 e. The highest BCUT2D eigenvalue weighted by Crippen LogP contribution is 2.34. The minimum Gasteiger partial charge on any atom is -0.438 e. The molecule has 0 fully saturated rings. The Kier molecular flexibility index (Phi) is 3.78. The van der Waals surface area contributed by atoms with Gasteiger partial charge in [0, 0.05) is 4.47 Å². The molecule has 1 atom stereocenters. The summed E-state index contributed by atoms with van der Waals surface area (Å²) in [6.07, 6.45) is 1.78. The van der Waals surface area contributed by atoms with Gasteiger partial charge in [-0.15, -0.1) is 11.3 Å². The van der Waals surface area contributed by atoms with Gasteiger partial charge in [-0.3, -0.25) is 0 Å². The smallest absolute Gasteiger partial charge is 0.211 e. The molecule has 16 heavy (non-hydrogen) atoms. The zero-order valence-corrected chi connectivity index (χ0v) is 11.6. The molecule has 2 rings (SSSR count). The Morgan fingerprint density at radius 2 is 2.44 bits per heavy atom. The second kappa shape index (κ2) is 5.12. The lowest BCUT2D eigenvalue weighted by atomic mass is 10.3. The zero-order valence-electron chi connectivity index (χ0n) is 9.16. The van der Waals surface area contributed by atoms with Crippen molar-refractivity contribution in [1.82, 2.24) is 10.3 Å². The number of hydrogen-bond donors (Lipinski definition) is 1. The molecule has 0 saturated carbocycles. The third-order valence-corrected chi connectivity index (χ3v) is 4.10. The molecule has 2 aromatic rings. The van der Waals surface area contributed by atoms with Gasteiger partial charge in [0.2, 0.25) is 5.89 Å². The van der Waals surface area contributed by atoms with Crippen LogP contribution in [0.4, 0.5) is 0 Å². The van der Waals surface area contributed by atoms with Crippen LogP contribution >= 0.6 is 27.3 Å². The largest absolute Gasteiger partial charge is 0.438 e. The van der Waals surface area contributed by atoms with Crippen molar-refractivity contribution in [3.63, 3.8) is 0 Å². The molecule has 1 N–H and O–H groups in total. The normalized spacial score (nSPS) is 12.9. The number of rotatable bonds is 4. The van der Waals surface area contributed by atoms with Crippen molar-refractivity contribution >= 4 is 27.3 Å². The SMILES string of the molecule is CCNC(C)c1ncc(-c2sccc2Br)o1. The molecule has 0 aliphatic rings. The van der Waals surface area contributed by atoms with Crippen molar-refractivity contribution in [2.24, 2.45) is 0 Å². The highest BCUT2D eigenvalue weighted by atomic mass is 79.9. The van der Waals surface area contributed by atoms with Crippen LogP contribution in [-0.2, 0) is 0 Å². The van der Waals surface area contributed by atoms with Crippen molar-refractivity contribution in [2.45, 2.75) is 19.9 Å². The molecule has 0 aliphatic heterocycles. The van der Waals surface area contributed by atoms with E-state index in [0.717, 1.165) is 27.5 Å². The second-order valence-electron chi connectivity index (χ2n) is 3.44. The Labute approximate surface area is 107 Å². The molecule has 0 amide bonds. The number of aromatic nitrogens is 1. The highest BCUT2D eigenvalue weighted by molar-refractivity contribution is 9.10. The third-order valence-electron chi connectivity index (χ3n) is 2.25. The van der Waals surface area contributed by atoms with Crippen LogP contribution in [0.3, 0.4) is 0 Å². The summed E-state index contributed by atoms with van der Waals surface area (Å²) in [7, 11) is 0. The molecule has 0 saturated heterocycles. The summed E-state index contributed by atoms with van der Waals surface area (Å²) in [5.74, 6) is 1.55. The van der Waals surface area contributed by atoms with E-state index in [9.17, 15) is 0 Å². The predicted octanol–water partition coefficient (Wildman–Crippen LogP) is 3.84. The summed E-state index contributed by atoms with van der Waals surface area (Å²) in [4.78, 5) is 5.37. The molecule has 0 aromatic carbocycles. The van der Waals surface area contributed by atoms with Gasteiger partial charge in [0.1, 0.15) is 0 Å². The average molecular weight is 301 g/mol. The van der Waals surface area contributed by atoms with E-state index in [1.165, 1.54) is 0 Å². The topological polar surface area (TPSA) is 38.1 Å². The zero-order chi connectivity index (χ0) is 11.5. The predicted molar refractivity (Wildman–Crippen MR) is 69.6 cm³/mol. The van der Waals surface area contributed by atoms with E-state index in [4.69, 9.17) is 4.42 Å². The summed E-state index contributed by atoms with van der Waals surface area (Å²) < 4.78 is 6.78. The molecule has 3 nitrogen and oxygen atoms in total. The molecule has 0 bridgehead atoms. The summed E-state index contributed by atoms with van der Waals surface area (Å²) in [5.41, 5.74) is 0. The van der Waals surface area contributed by atoms with Gasteiger partial charge in [-0.1, -0.05) is 6.92 Å². The third kappa shape index (κ3) is 2.36. The van der Waals surface area contributed by atoms with E-state index < -0.39 is 0 Å². The Hall–Kier alpha value is -0.650. The standard InChI is InChI=1S/C11H13BrN2OS/c1-3-13-7(2)11-14-6-9(15-11)10-8(12)4-5-16-10/h4-7,13H,3H2,1-2H3. The van der Waals surface area contributed by atoms with Gasteiger partial charge in [-0.25, -0.2) is 4.98 Å². The molecule has 2 heterocycles. The number of halogens is 1. The molecule has 1 unspecified atom stereocenters. The van der Waals surface area contributed by atoms with E-state index in [-0.39, 0.29) is 6.04 Å². The summed E-state index contributed by atoms with van der Waals surface area (Å²) in [5, 5.41) is 5.29.